The van der Waals surface area contributed by atoms with Gasteiger partial charge in [-0.2, -0.15) is 0 Å². The lowest BCUT2D eigenvalue weighted by Crippen LogP contribution is -2.36. The van der Waals surface area contributed by atoms with Crippen molar-refractivity contribution in [3.63, 3.8) is 0 Å². The van der Waals surface area contributed by atoms with E-state index in [1.807, 2.05) is 46.0 Å². The average molecular weight is 334 g/mol. The van der Waals surface area contributed by atoms with Crippen molar-refractivity contribution in [2.45, 2.75) is 38.9 Å². The first-order valence-electron chi connectivity index (χ1n) is 8.44. The summed E-state index contributed by atoms with van der Waals surface area (Å²) in [6.45, 7) is 8.41. The summed E-state index contributed by atoms with van der Waals surface area (Å²) in [5.74, 6) is 1.69. The molecule has 2 aliphatic rings. The first-order valence-corrected chi connectivity index (χ1v) is 8.44. The number of likely N-dealkylation sites (tertiary alicyclic amines) is 1. The summed E-state index contributed by atoms with van der Waals surface area (Å²) >= 11 is 0. The standard InChI is InChI=1S/C18H26N2O4/c1-18(2,3)24-17(21)20-8-7-14(12-20)23-13-5-6-16-15(11-13)19(4)9-10-22-16/h5-6,11,14H,7-10,12H2,1-4H3/t14-/m0/s1. The molecule has 132 valence electrons. The number of fused-ring (bicyclic) bond motifs is 1. The molecule has 6 heteroatoms. The van der Waals surface area contributed by atoms with Gasteiger partial charge in [-0.05, 0) is 32.9 Å². The minimum absolute atomic E-state index is 0.00890. The Balaban J connectivity index is 1.60. The number of ether oxygens (including phenoxy) is 3. The van der Waals surface area contributed by atoms with Crippen LogP contribution in [0, 0.1) is 0 Å². The largest absolute Gasteiger partial charge is 0.490 e. The molecule has 1 atom stereocenters. The van der Waals surface area contributed by atoms with E-state index in [0.29, 0.717) is 19.7 Å². The molecule has 0 aromatic heterocycles. The molecule has 1 fully saturated rings. The Hall–Kier alpha value is -2.11. The average Bonchev–Trinajstić information content (AvgIpc) is 2.95. The second-order valence-corrected chi connectivity index (χ2v) is 7.35. The number of hydrogen-bond acceptors (Lipinski definition) is 5. The monoisotopic (exact) mass is 334 g/mol. The zero-order valence-corrected chi connectivity index (χ0v) is 14.9. The molecule has 0 radical (unpaired) electrons. The van der Waals surface area contributed by atoms with Crippen molar-refractivity contribution in [1.29, 1.82) is 0 Å². The van der Waals surface area contributed by atoms with Crippen LogP contribution in [-0.2, 0) is 4.74 Å². The van der Waals surface area contributed by atoms with Crippen LogP contribution in [0.15, 0.2) is 18.2 Å². The topological polar surface area (TPSA) is 51.2 Å². The molecule has 0 N–H and O–H groups in total. The minimum atomic E-state index is -0.473. The van der Waals surface area contributed by atoms with Gasteiger partial charge >= 0.3 is 6.09 Å². The van der Waals surface area contributed by atoms with E-state index in [4.69, 9.17) is 14.2 Å². The zero-order valence-electron chi connectivity index (χ0n) is 14.9. The summed E-state index contributed by atoms with van der Waals surface area (Å²) in [6.07, 6.45) is 0.528. The van der Waals surface area contributed by atoms with Crippen LogP contribution in [0.4, 0.5) is 10.5 Å². The van der Waals surface area contributed by atoms with Crippen LogP contribution in [0.2, 0.25) is 0 Å². The molecule has 6 nitrogen and oxygen atoms in total. The lowest BCUT2D eigenvalue weighted by Gasteiger charge is -2.28. The number of amides is 1. The number of carbonyl (C=O) groups excluding carboxylic acids is 1. The third-order valence-corrected chi connectivity index (χ3v) is 4.13. The molecule has 0 spiro atoms. The Labute approximate surface area is 143 Å². The van der Waals surface area contributed by atoms with Gasteiger partial charge in [-0.3, -0.25) is 0 Å². The lowest BCUT2D eigenvalue weighted by molar-refractivity contribution is 0.0275. The molecular weight excluding hydrogens is 308 g/mol. The predicted octanol–water partition coefficient (Wildman–Crippen LogP) is 2.90. The van der Waals surface area contributed by atoms with Gasteiger partial charge in [0.05, 0.1) is 18.8 Å². The molecule has 2 heterocycles. The van der Waals surface area contributed by atoms with Gasteiger partial charge in [0.15, 0.2) is 0 Å². The fourth-order valence-electron chi connectivity index (χ4n) is 2.91. The minimum Gasteiger partial charge on any atom is -0.490 e. The Morgan fingerprint density at radius 1 is 1.29 bits per heavy atom. The number of hydrogen-bond donors (Lipinski definition) is 0. The third-order valence-electron chi connectivity index (χ3n) is 4.13. The summed E-state index contributed by atoms with van der Waals surface area (Å²) in [6, 6.07) is 5.87. The Kier molecular flexibility index (Phi) is 4.47. The second-order valence-electron chi connectivity index (χ2n) is 7.35. The highest BCUT2D eigenvalue weighted by molar-refractivity contribution is 5.68. The van der Waals surface area contributed by atoms with E-state index in [1.165, 1.54) is 0 Å². The van der Waals surface area contributed by atoms with Crippen molar-refractivity contribution in [1.82, 2.24) is 4.90 Å². The van der Waals surface area contributed by atoms with Crippen LogP contribution in [0.3, 0.4) is 0 Å². The van der Waals surface area contributed by atoms with Gasteiger partial charge in [0, 0.05) is 26.1 Å². The van der Waals surface area contributed by atoms with Crippen molar-refractivity contribution in [2.75, 3.05) is 38.2 Å². The van der Waals surface area contributed by atoms with Crippen LogP contribution >= 0.6 is 0 Å². The molecule has 24 heavy (non-hydrogen) atoms. The van der Waals surface area contributed by atoms with Gasteiger partial charge in [-0.15, -0.1) is 0 Å². The van der Waals surface area contributed by atoms with Crippen LogP contribution in [-0.4, -0.2) is 56.0 Å². The summed E-state index contributed by atoms with van der Waals surface area (Å²) in [7, 11) is 2.05. The van der Waals surface area contributed by atoms with E-state index in [2.05, 4.69) is 4.90 Å². The maximum Gasteiger partial charge on any atom is 0.410 e. The van der Waals surface area contributed by atoms with Crippen molar-refractivity contribution in [3.05, 3.63) is 18.2 Å². The molecule has 1 amide bonds. The van der Waals surface area contributed by atoms with Gasteiger partial charge < -0.3 is 24.0 Å². The van der Waals surface area contributed by atoms with E-state index in [9.17, 15) is 4.79 Å². The first-order chi connectivity index (χ1) is 11.3. The number of carbonyl (C=O) groups is 1. The quantitative estimate of drug-likeness (QED) is 0.832. The molecule has 0 aliphatic carbocycles. The highest BCUT2D eigenvalue weighted by Gasteiger charge is 2.31. The van der Waals surface area contributed by atoms with E-state index in [0.717, 1.165) is 30.2 Å². The molecule has 3 rings (SSSR count). The predicted molar refractivity (Wildman–Crippen MR) is 92.0 cm³/mol. The number of benzene rings is 1. The maximum atomic E-state index is 12.1. The number of nitrogens with zero attached hydrogens (tertiary/aromatic N) is 2. The maximum absolute atomic E-state index is 12.1. The third kappa shape index (κ3) is 3.86. The smallest absolute Gasteiger partial charge is 0.410 e. The van der Waals surface area contributed by atoms with Gasteiger partial charge in [-0.1, -0.05) is 0 Å². The van der Waals surface area contributed by atoms with E-state index in [-0.39, 0.29) is 12.2 Å². The fourth-order valence-corrected chi connectivity index (χ4v) is 2.91. The first kappa shape index (κ1) is 16.7. The number of likely N-dealkylation sites (N-methyl/N-ethyl adjacent to an activating group) is 1. The van der Waals surface area contributed by atoms with Gasteiger partial charge in [0.25, 0.3) is 0 Å². The Morgan fingerprint density at radius 3 is 2.83 bits per heavy atom. The highest BCUT2D eigenvalue weighted by atomic mass is 16.6. The highest BCUT2D eigenvalue weighted by Crippen LogP contribution is 2.34. The molecule has 1 aromatic rings. The Morgan fingerprint density at radius 2 is 2.08 bits per heavy atom. The fraction of sp³-hybridized carbons (Fsp3) is 0.611. The van der Waals surface area contributed by atoms with Gasteiger partial charge in [0.1, 0.15) is 29.8 Å². The van der Waals surface area contributed by atoms with E-state index >= 15 is 0 Å². The van der Waals surface area contributed by atoms with Crippen LogP contribution in [0.25, 0.3) is 0 Å². The lowest BCUT2D eigenvalue weighted by atomic mass is 10.2. The van der Waals surface area contributed by atoms with Crippen LogP contribution in [0.5, 0.6) is 11.5 Å². The van der Waals surface area contributed by atoms with Crippen LogP contribution < -0.4 is 14.4 Å². The SMILES string of the molecule is CN1CCOc2ccc(O[C@H]3CCN(C(=O)OC(C)(C)C)C3)cc21. The molecule has 2 aliphatic heterocycles. The zero-order chi connectivity index (χ0) is 17.3. The van der Waals surface area contributed by atoms with Crippen molar-refractivity contribution >= 4 is 11.8 Å². The molecule has 0 unspecified atom stereocenters. The van der Waals surface area contributed by atoms with Crippen LogP contribution in [0.1, 0.15) is 27.2 Å². The summed E-state index contributed by atoms with van der Waals surface area (Å²) in [5, 5.41) is 0. The Bertz CT molecular complexity index is 612. The van der Waals surface area contributed by atoms with Crippen molar-refractivity contribution < 1.29 is 19.0 Å². The molecular formula is C18H26N2O4. The summed E-state index contributed by atoms with van der Waals surface area (Å²) in [5.41, 5.74) is 0.569. The van der Waals surface area contributed by atoms with Gasteiger partial charge in [-0.25, -0.2) is 4.79 Å². The van der Waals surface area contributed by atoms with Gasteiger partial charge in [0.2, 0.25) is 0 Å². The normalized spacial score (nSPS) is 20.4. The molecule has 1 saturated heterocycles. The van der Waals surface area contributed by atoms with Crippen molar-refractivity contribution in [3.8, 4) is 11.5 Å². The second kappa shape index (κ2) is 6.42. The van der Waals surface area contributed by atoms with Crippen molar-refractivity contribution in [2.24, 2.45) is 0 Å². The number of anilines is 1. The summed E-state index contributed by atoms with van der Waals surface area (Å²) in [4.78, 5) is 16.0. The summed E-state index contributed by atoms with van der Waals surface area (Å²) < 4.78 is 17.1. The molecule has 0 saturated carbocycles. The molecule has 0 bridgehead atoms. The molecule has 1 aromatic carbocycles. The van der Waals surface area contributed by atoms with E-state index < -0.39 is 5.60 Å². The number of rotatable bonds is 2. The van der Waals surface area contributed by atoms with E-state index in [1.54, 1.807) is 4.90 Å².